The van der Waals surface area contributed by atoms with Crippen LogP contribution in [0.3, 0.4) is 0 Å². The quantitative estimate of drug-likeness (QED) is 0.330. The summed E-state index contributed by atoms with van der Waals surface area (Å²) in [7, 11) is -2.71. The third-order valence-electron chi connectivity index (χ3n) is 4.09. The predicted molar refractivity (Wildman–Crippen MR) is 114 cm³/mol. The lowest BCUT2D eigenvalue weighted by Gasteiger charge is -2.13. The molecule has 0 unspecified atom stereocenters. The Bertz CT molecular complexity index is 1260. The number of ether oxygens (including phenoxy) is 1. The molecule has 10 nitrogen and oxygen atoms in total. The van der Waals surface area contributed by atoms with E-state index in [0.29, 0.717) is 16.5 Å². The van der Waals surface area contributed by atoms with Gasteiger partial charge >= 0.3 is 5.97 Å². The van der Waals surface area contributed by atoms with Gasteiger partial charge in [-0.2, -0.15) is 0 Å². The van der Waals surface area contributed by atoms with Crippen LogP contribution in [0.1, 0.15) is 10.4 Å². The summed E-state index contributed by atoms with van der Waals surface area (Å²) in [6.45, 7) is 0. The number of aromatic nitrogens is 1. The van der Waals surface area contributed by atoms with E-state index in [0.717, 1.165) is 0 Å². The summed E-state index contributed by atoms with van der Waals surface area (Å²) >= 11 is 5.32. The molecule has 0 atom stereocenters. The molecule has 3 rings (SSSR count). The average Bonchev–Trinajstić information content (AvgIpc) is 2.73. The van der Waals surface area contributed by atoms with Gasteiger partial charge in [0.05, 0.1) is 35.1 Å². The first-order valence-electron chi connectivity index (χ1n) is 8.28. The fourth-order valence-corrected chi connectivity index (χ4v) is 3.84. The van der Waals surface area contributed by atoms with Crippen LogP contribution in [0.15, 0.2) is 58.2 Å². The standard InChI is InChI=1S/C18H16ClN5O5S/c1-29-16-5-2-10(17(25)26)7-14(16)24-30(27,28)12-3-4-13-11(6-12)8-21-9-15(13)22-18(20)23-19/h2-9,24H,1H3,(H,25,26)(H3,20,22,23). The summed E-state index contributed by atoms with van der Waals surface area (Å²) in [5.41, 5.74) is 5.95. The lowest BCUT2D eigenvalue weighted by atomic mass is 10.1. The van der Waals surface area contributed by atoms with Gasteiger partial charge in [-0.3, -0.25) is 9.71 Å². The number of nitrogens with zero attached hydrogens (tertiary/aromatic N) is 2. The second kappa shape index (κ2) is 8.43. The molecule has 0 bridgehead atoms. The highest BCUT2D eigenvalue weighted by Crippen LogP contribution is 2.30. The fraction of sp³-hybridized carbons (Fsp3) is 0.0556. The molecule has 12 heteroatoms. The maximum atomic E-state index is 12.9. The minimum absolute atomic E-state index is 0.00265. The number of anilines is 2. The number of guanidine groups is 1. The first-order valence-corrected chi connectivity index (χ1v) is 10.1. The molecule has 30 heavy (non-hydrogen) atoms. The molecule has 0 aliphatic heterocycles. The zero-order chi connectivity index (χ0) is 21.9. The van der Waals surface area contributed by atoms with Crippen LogP contribution in [0.5, 0.6) is 5.75 Å². The summed E-state index contributed by atoms with van der Waals surface area (Å²) in [4.78, 5) is 15.2. The van der Waals surface area contributed by atoms with Crippen molar-refractivity contribution in [2.24, 2.45) is 10.2 Å². The van der Waals surface area contributed by atoms with Crippen molar-refractivity contribution in [3.63, 3.8) is 0 Å². The van der Waals surface area contributed by atoms with Crippen LogP contribution in [0.2, 0.25) is 0 Å². The van der Waals surface area contributed by atoms with E-state index in [1.165, 1.54) is 49.8 Å². The summed E-state index contributed by atoms with van der Waals surface area (Å²) in [6, 6.07) is 8.23. The molecule has 0 radical (unpaired) electrons. The monoisotopic (exact) mass is 449 g/mol. The smallest absolute Gasteiger partial charge is 0.335 e. The number of sulfonamides is 1. The van der Waals surface area contributed by atoms with Gasteiger partial charge in [-0.15, -0.1) is 4.51 Å². The topological polar surface area (TPSA) is 156 Å². The van der Waals surface area contributed by atoms with Crippen molar-refractivity contribution in [2.45, 2.75) is 4.90 Å². The van der Waals surface area contributed by atoms with Crippen molar-refractivity contribution in [1.82, 2.24) is 4.98 Å². The molecule has 0 fully saturated rings. The molecule has 0 saturated carbocycles. The third kappa shape index (κ3) is 4.36. The molecule has 3 aromatic rings. The van der Waals surface area contributed by atoms with Crippen molar-refractivity contribution < 1.29 is 23.1 Å². The Balaban J connectivity index is 2.01. The lowest BCUT2D eigenvalue weighted by Crippen LogP contribution is -2.21. The van der Waals surface area contributed by atoms with Crippen LogP contribution >= 0.6 is 11.8 Å². The van der Waals surface area contributed by atoms with Crippen molar-refractivity contribution in [2.75, 3.05) is 17.1 Å². The summed E-state index contributed by atoms with van der Waals surface area (Å²) in [5.74, 6) is -1.07. The number of fused-ring (bicyclic) bond motifs is 1. The summed E-state index contributed by atoms with van der Waals surface area (Å²) in [5, 5.41) is 13.1. The molecule has 0 aliphatic rings. The molecule has 1 heterocycles. The molecule has 0 aliphatic carbocycles. The Morgan fingerprint density at radius 3 is 2.63 bits per heavy atom. The summed E-state index contributed by atoms with van der Waals surface area (Å²) < 4.78 is 36.6. The normalized spacial score (nSPS) is 11.9. The number of aromatic carboxylic acids is 1. The summed E-state index contributed by atoms with van der Waals surface area (Å²) in [6.07, 6.45) is 2.98. The van der Waals surface area contributed by atoms with E-state index in [9.17, 15) is 13.2 Å². The third-order valence-corrected chi connectivity index (χ3v) is 5.63. The van der Waals surface area contributed by atoms with Crippen molar-refractivity contribution in [3.05, 3.63) is 54.4 Å². The van der Waals surface area contributed by atoms with E-state index in [2.05, 4.69) is 19.5 Å². The fourth-order valence-electron chi connectivity index (χ4n) is 2.70. The predicted octanol–water partition coefficient (Wildman–Crippen LogP) is 2.62. The van der Waals surface area contributed by atoms with Crippen LogP contribution in [0.4, 0.5) is 11.4 Å². The van der Waals surface area contributed by atoms with Gasteiger partial charge in [-0.1, -0.05) is 6.07 Å². The minimum atomic E-state index is -4.06. The number of hydrogen-bond donors (Lipinski definition) is 4. The molecule has 0 saturated heterocycles. The molecule has 2 aromatic carbocycles. The van der Waals surface area contributed by atoms with Crippen molar-refractivity contribution >= 4 is 55.9 Å². The van der Waals surface area contributed by atoms with Crippen LogP contribution in [0.25, 0.3) is 10.8 Å². The van der Waals surface area contributed by atoms with E-state index >= 15 is 0 Å². The van der Waals surface area contributed by atoms with Gasteiger partial charge in [-0.05, 0) is 30.3 Å². The van der Waals surface area contributed by atoms with Crippen molar-refractivity contribution in [3.8, 4) is 5.75 Å². The van der Waals surface area contributed by atoms with Gasteiger partial charge in [0.15, 0.2) is 0 Å². The van der Waals surface area contributed by atoms with E-state index < -0.39 is 16.0 Å². The Kier molecular flexibility index (Phi) is 5.94. The zero-order valence-corrected chi connectivity index (χ0v) is 17.0. The number of methoxy groups -OCH3 is 1. The van der Waals surface area contributed by atoms with Gasteiger partial charge < -0.3 is 20.9 Å². The Morgan fingerprint density at radius 1 is 1.20 bits per heavy atom. The van der Waals surface area contributed by atoms with Crippen molar-refractivity contribution in [1.29, 1.82) is 0 Å². The minimum Gasteiger partial charge on any atom is -0.495 e. The Labute approximate surface area is 176 Å². The van der Waals surface area contributed by atoms with Crippen LogP contribution in [-0.4, -0.2) is 37.5 Å². The maximum Gasteiger partial charge on any atom is 0.335 e. The zero-order valence-electron chi connectivity index (χ0n) is 15.5. The number of pyridine rings is 1. The molecule has 0 amide bonds. The highest BCUT2D eigenvalue weighted by molar-refractivity contribution is 7.92. The number of halogens is 1. The second-order valence-corrected chi connectivity index (χ2v) is 7.84. The van der Waals surface area contributed by atoms with Crippen LogP contribution in [-0.2, 0) is 10.0 Å². The first kappa shape index (κ1) is 21.1. The molecule has 0 spiro atoms. The van der Waals surface area contributed by atoms with Gasteiger partial charge in [0.1, 0.15) is 5.75 Å². The highest BCUT2D eigenvalue weighted by Gasteiger charge is 2.19. The van der Waals surface area contributed by atoms with E-state index in [-0.39, 0.29) is 27.9 Å². The number of carbonyl (C=O) groups is 1. The Morgan fingerprint density at radius 2 is 1.97 bits per heavy atom. The SMILES string of the molecule is COc1ccc(C(=O)O)cc1NS(=O)(=O)c1ccc2c(NC(N)=NCl)cncc2c1. The number of carboxylic acid groups (broad SMARTS) is 1. The van der Waals surface area contributed by atoms with Gasteiger partial charge in [-0.25, -0.2) is 13.2 Å². The molecule has 5 N–H and O–H groups in total. The number of carboxylic acids is 1. The molecule has 1 aromatic heterocycles. The largest absolute Gasteiger partial charge is 0.495 e. The number of hydrogen-bond acceptors (Lipinski definition) is 6. The highest BCUT2D eigenvalue weighted by atomic mass is 35.5. The average molecular weight is 450 g/mol. The van der Waals surface area contributed by atoms with Crippen LogP contribution < -0.4 is 20.5 Å². The van der Waals surface area contributed by atoms with Gasteiger partial charge in [0.25, 0.3) is 10.0 Å². The second-order valence-electron chi connectivity index (χ2n) is 5.99. The molecule has 156 valence electrons. The first-order chi connectivity index (χ1) is 14.2. The maximum absolute atomic E-state index is 12.9. The van der Waals surface area contributed by atoms with E-state index in [4.69, 9.17) is 27.4 Å². The van der Waals surface area contributed by atoms with Gasteiger partial charge in [0, 0.05) is 28.7 Å². The molecular formula is C18H16ClN5O5S. The van der Waals surface area contributed by atoms with Crippen LogP contribution in [0, 0.1) is 0 Å². The number of nitrogens with two attached hydrogens (primary N) is 1. The van der Waals surface area contributed by atoms with Gasteiger partial charge in [0.2, 0.25) is 5.96 Å². The number of rotatable bonds is 6. The Hall–Kier alpha value is -3.57. The molecular weight excluding hydrogens is 434 g/mol. The lowest BCUT2D eigenvalue weighted by molar-refractivity contribution is 0.0697. The van der Waals surface area contributed by atoms with E-state index in [1.54, 1.807) is 6.07 Å². The number of nitrogens with one attached hydrogen (secondary N) is 2. The number of benzene rings is 2. The van der Waals surface area contributed by atoms with E-state index in [1.807, 2.05) is 0 Å².